The minimum atomic E-state index is -3.61. The average Bonchev–Trinajstić information content (AvgIpc) is 2.46. The summed E-state index contributed by atoms with van der Waals surface area (Å²) in [6, 6.07) is 11.6. The first kappa shape index (κ1) is 15.7. The molecule has 2 aromatic carbocycles. The minimum absolute atomic E-state index is 0.238. The highest BCUT2D eigenvalue weighted by Crippen LogP contribution is 2.31. The summed E-state index contributed by atoms with van der Waals surface area (Å²) < 4.78 is 31.4. The predicted molar refractivity (Wildman–Crippen MR) is 84.8 cm³/mol. The highest BCUT2D eigenvalue weighted by molar-refractivity contribution is 7.92. The van der Waals surface area contributed by atoms with E-state index < -0.39 is 10.0 Å². The molecule has 21 heavy (non-hydrogen) atoms. The molecule has 0 bridgehead atoms. The number of nitrogens with zero attached hydrogens (tertiary/aromatic N) is 1. The van der Waals surface area contributed by atoms with Crippen molar-refractivity contribution in [2.75, 3.05) is 18.5 Å². The van der Waals surface area contributed by atoms with Crippen LogP contribution in [0.1, 0.15) is 5.56 Å². The molecule has 0 aliphatic rings. The van der Waals surface area contributed by atoms with Crippen LogP contribution >= 0.6 is 11.6 Å². The maximum Gasteiger partial charge on any atom is 0.264 e. The van der Waals surface area contributed by atoms with Gasteiger partial charge in [0.15, 0.2) is 0 Å². The zero-order valence-electron chi connectivity index (χ0n) is 12.0. The number of anilines is 1. The van der Waals surface area contributed by atoms with Gasteiger partial charge in [0, 0.05) is 7.05 Å². The Morgan fingerprint density at radius 2 is 1.71 bits per heavy atom. The van der Waals surface area contributed by atoms with Crippen LogP contribution in [0.25, 0.3) is 0 Å². The van der Waals surface area contributed by atoms with Crippen molar-refractivity contribution in [2.45, 2.75) is 11.8 Å². The Morgan fingerprint density at radius 1 is 1.10 bits per heavy atom. The Balaban J connectivity index is 2.40. The number of halogens is 1. The smallest absolute Gasteiger partial charge is 0.264 e. The molecule has 4 nitrogen and oxygen atoms in total. The van der Waals surface area contributed by atoms with E-state index >= 15 is 0 Å². The van der Waals surface area contributed by atoms with Crippen LogP contribution in [0.2, 0.25) is 5.02 Å². The molecule has 0 saturated carbocycles. The molecule has 6 heteroatoms. The van der Waals surface area contributed by atoms with Crippen LogP contribution < -0.4 is 9.04 Å². The number of benzene rings is 2. The van der Waals surface area contributed by atoms with Crippen molar-refractivity contribution in [1.82, 2.24) is 0 Å². The zero-order chi connectivity index (χ0) is 15.6. The lowest BCUT2D eigenvalue weighted by molar-refractivity contribution is 0.415. The van der Waals surface area contributed by atoms with Gasteiger partial charge in [-0.15, -0.1) is 0 Å². The van der Waals surface area contributed by atoms with E-state index in [2.05, 4.69) is 0 Å². The number of hydrogen-bond donors (Lipinski definition) is 0. The third-order valence-corrected chi connectivity index (χ3v) is 5.27. The fraction of sp³-hybridized carbons (Fsp3) is 0.200. The summed E-state index contributed by atoms with van der Waals surface area (Å²) in [5, 5.41) is 0.362. The first-order valence-corrected chi connectivity index (χ1v) is 8.07. The van der Waals surface area contributed by atoms with Gasteiger partial charge in [-0.3, -0.25) is 4.31 Å². The normalized spacial score (nSPS) is 11.2. The molecule has 0 radical (unpaired) electrons. The van der Waals surface area contributed by atoms with Crippen LogP contribution in [0, 0.1) is 6.92 Å². The van der Waals surface area contributed by atoms with Crippen LogP contribution in [-0.2, 0) is 10.0 Å². The van der Waals surface area contributed by atoms with Gasteiger partial charge in [-0.05, 0) is 37.3 Å². The van der Waals surface area contributed by atoms with E-state index in [0.717, 1.165) is 5.56 Å². The van der Waals surface area contributed by atoms with E-state index in [9.17, 15) is 8.42 Å². The van der Waals surface area contributed by atoms with E-state index in [-0.39, 0.29) is 4.90 Å². The summed E-state index contributed by atoms with van der Waals surface area (Å²) in [6.07, 6.45) is 0. The van der Waals surface area contributed by atoms with Gasteiger partial charge >= 0.3 is 0 Å². The van der Waals surface area contributed by atoms with Gasteiger partial charge in [0.2, 0.25) is 0 Å². The van der Waals surface area contributed by atoms with Gasteiger partial charge < -0.3 is 4.74 Å². The van der Waals surface area contributed by atoms with Gasteiger partial charge in [0.25, 0.3) is 10.0 Å². The number of sulfonamides is 1. The largest absolute Gasteiger partial charge is 0.495 e. The first-order chi connectivity index (χ1) is 9.86. The van der Waals surface area contributed by atoms with Crippen LogP contribution in [-0.4, -0.2) is 22.6 Å². The van der Waals surface area contributed by atoms with Gasteiger partial charge in [0.1, 0.15) is 5.75 Å². The predicted octanol–water partition coefficient (Wildman–Crippen LogP) is 3.48. The molecule has 0 aliphatic heterocycles. The Bertz CT molecular complexity index is 742. The topological polar surface area (TPSA) is 46.6 Å². The van der Waals surface area contributed by atoms with Crippen molar-refractivity contribution in [3.05, 3.63) is 53.1 Å². The number of ether oxygens (including phenoxy) is 1. The first-order valence-electron chi connectivity index (χ1n) is 6.25. The fourth-order valence-corrected chi connectivity index (χ4v) is 3.30. The van der Waals surface area contributed by atoms with E-state index in [4.69, 9.17) is 16.3 Å². The maximum atomic E-state index is 12.6. The van der Waals surface area contributed by atoms with E-state index in [1.54, 1.807) is 42.5 Å². The quantitative estimate of drug-likeness (QED) is 0.864. The van der Waals surface area contributed by atoms with Gasteiger partial charge in [-0.1, -0.05) is 29.3 Å². The Kier molecular flexibility index (Phi) is 4.44. The van der Waals surface area contributed by atoms with E-state index in [1.807, 2.05) is 6.92 Å². The zero-order valence-corrected chi connectivity index (χ0v) is 13.6. The Hall–Kier alpha value is -1.72. The number of aryl methyl sites for hydroxylation is 1. The standard InChI is InChI=1S/C15H16ClNO3S/c1-11-4-7-13(8-5-11)21(18,19)17(2)12-6-9-15(20-3)14(16)10-12/h4-10H,1-3H3. The summed E-state index contributed by atoms with van der Waals surface area (Å²) in [5.41, 5.74) is 1.48. The summed E-state index contributed by atoms with van der Waals surface area (Å²) in [5.74, 6) is 0.501. The molecule has 112 valence electrons. The summed E-state index contributed by atoms with van der Waals surface area (Å²) in [4.78, 5) is 0.238. The molecule has 0 amide bonds. The van der Waals surface area contributed by atoms with Crippen LogP contribution in [0.4, 0.5) is 5.69 Å². The highest BCUT2D eigenvalue weighted by atomic mass is 35.5. The molecule has 2 rings (SSSR count). The van der Waals surface area contributed by atoms with Crippen LogP contribution in [0.3, 0.4) is 0 Å². The molecule has 0 atom stereocenters. The third kappa shape index (κ3) is 3.14. The van der Waals surface area contributed by atoms with Crippen molar-refractivity contribution >= 4 is 27.3 Å². The van der Waals surface area contributed by atoms with Crippen molar-refractivity contribution < 1.29 is 13.2 Å². The molecule has 0 N–H and O–H groups in total. The minimum Gasteiger partial charge on any atom is -0.495 e. The lowest BCUT2D eigenvalue weighted by atomic mass is 10.2. The molecule has 0 unspecified atom stereocenters. The summed E-state index contributed by atoms with van der Waals surface area (Å²) in [7, 11) is -0.610. The average molecular weight is 326 g/mol. The molecule has 0 aliphatic carbocycles. The molecule has 2 aromatic rings. The SMILES string of the molecule is COc1ccc(N(C)S(=O)(=O)c2ccc(C)cc2)cc1Cl. The van der Waals surface area contributed by atoms with Crippen molar-refractivity contribution in [1.29, 1.82) is 0 Å². The molecule has 0 saturated heterocycles. The Morgan fingerprint density at radius 3 is 2.24 bits per heavy atom. The lowest BCUT2D eigenvalue weighted by Crippen LogP contribution is -2.26. The van der Waals surface area contributed by atoms with Gasteiger partial charge in [0.05, 0.1) is 22.7 Å². The van der Waals surface area contributed by atoms with Gasteiger partial charge in [-0.2, -0.15) is 0 Å². The number of rotatable bonds is 4. The van der Waals surface area contributed by atoms with Crippen molar-refractivity contribution in [2.24, 2.45) is 0 Å². The van der Waals surface area contributed by atoms with Crippen molar-refractivity contribution in [3.8, 4) is 5.75 Å². The second kappa shape index (κ2) is 5.95. The molecule has 0 fully saturated rings. The summed E-state index contributed by atoms with van der Waals surface area (Å²) >= 11 is 6.04. The van der Waals surface area contributed by atoms with Crippen LogP contribution in [0.15, 0.2) is 47.4 Å². The fourth-order valence-electron chi connectivity index (χ4n) is 1.86. The summed E-state index contributed by atoms with van der Waals surface area (Å²) in [6.45, 7) is 1.91. The number of hydrogen-bond acceptors (Lipinski definition) is 3. The second-order valence-electron chi connectivity index (χ2n) is 4.60. The molecule has 0 heterocycles. The molecule has 0 aromatic heterocycles. The molecular formula is C15H16ClNO3S. The van der Waals surface area contributed by atoms with Crippen LogP contribution in [0.5, 0.6) is 5.75 Å². The maximum absolute atomic E-state index is 12.6. The second-order valence-corrected chi connectivity index (χ2v) is 6.98. The van der Waals surface area contributed by atoms with Crippen molar-refractivity contribution in [3.63, 3.8) is 0 Å². The Labute approximate surface area is 130 Å². The monoisotopic (exact) mass is 325 g/mol. The molecular weight excluding hydrogens is 310 g/mol. The highest BCUT2D eigenvalue weighted by Gasteiger charge is 2.21. The van der Waals surface area contributed by atoms with E-state index in [1.165, 1.54) is 18.5 Å². The van der Waals surface area contributed by atoms with E-state index in [0.29, 0.717) is 16.5 Å². The third-order valence-electron chi connectivity index (χ3n) is 3.18. The van der Waals surface area contributed by atoms with Gasteiger partial charge in [-0.25, -0.2) is 8.42 Å². The lowest BCUT2D eigenvalue weighted by Gasteiger charge is -2.20. The molecule has 0 spiro atoms. The number of methoxy groups -OCH3 is 1.